The summed E-state index contributed by atoms with van der Waals surface area (Å²) >= 11 is 0. The van der Waals surface area contributed by atoms with E-state index in [1.807, 2.05) is 0 Å². The smallest absolute Gasteiger partial charge is 0 e. The number of rotatable bonds is 0. The Bertz CT molecular complexity index is 107. The van der Waals surface area contributed by atoms with Crippen LogP contribution in [0.15, 0.2) is 0 Å². The Hall–Kier alpha value is 0.554. The standard InChI is InChI=1S/C16H35N4.Ti/c1-2-10-18-12-5-6-14-20-16-8-7-15-19-13-4-3-11-17-9-1;/h17-19H,1-16H2;/q-1;. The van der Waals surface area contributed by atoms with E-state index in [2.05, 4.69) is 21.3 Å². The molecule has 124 valence electrons. The Labute approximate surface area is 146 Å². The molecule has 0 aromatic heterocycles. The van der Waals surface area contributed by atoms with Gasteiger partial charge in [-0.3, -0.25) is 0 Å². The molecule has 0 aliphatic carbocycles. The Morgan fingerprint density at radius 3 is 1.05 bits per heavy atom. The molecule has 21 heavy (non-hydrogen) atoms. The quantitative estimate of drug-likeness (QED) is 0.597. The zero-order valence-electron chi connectivity index (χ0n) is 13.8. The van der Waals surface area contributed by atoms with Crippen LogP contribution < -0.4 is 16.0 Å². The fourth-order valence-electron chi connectivity index (χ4n) is 2.43. The molecule has 0 aromatic rings. The first-order valence-corrected chi connectivity index (χ1v) is 8.75. The molecule has 1 saturated heterocycles. The van der Waals surface area contributed by atoms with Crippen LogP contribution >= 0.6 is 0 Å². The van der Waals surface area contributed by atoms with Gasteiger partial charge in [0.25, 0.3) is 0 Å². The van der Waals surface area contributed by atoms with Crippen LogP contribution in [0.4, 0.5) is 0 Å². The van der Waals surface area contributed by atoms with Crippen molar-refractivity contribution < 1.29 is 21.7 Å². The van der Waals surface area contributed by atoms with Gasteiger partial charge in [-0.25, -0.2) is 0 Å². The van der Waals surface area contributed by atoms with E-state index in [1.165, 1.54) is 77.5 Å². The minimum absolute atomic E-state index is 0. The molecule has 0 bridgehead atoms. The Kier molecular flexibility index (Phi) is 19.1. The summed E-state index contributed by atoms with van der Waals surface area (Å²) in [6.07, 6.45) is 10.2. The second kappa shape index (κ2) is 18.6. The number of nitrogens with zero attached hydrogens (tertiary/aromatic N) is 1. The van der Waals surface area contributed by atoms with Crippen LogP contribution in [-0.2, 0) is 21.7 Å². The van der Waals surface area contributed by atoms with Crippen LogP contribution in [0, 0.1) is 0 Å². The third kappa shape index (κ3) is 16.7. The summed E-state index contributed by atoms with van der Waals surface area (Å²) in [6, 6.07) is 0. The third-order valence-electron chi connectivity index (χ3n) is 3.75. The van der Waals surface area contributed by atoms with E-state index in [1.54, 1.807) is 0 Å². The van der Waals surface area contributed by atoms with E-state index in [0.717, 1.165) is 26.2 Å². The predicted molar refractivity (Wildman–Crippen MR) is 88.6 cm³/mol. The molecule has 0 atom stereocenters. The second-order valence-corrected chi connectivity index (χ2v) is 5.75. The van der Waals surface area contributed by atoms with Crippen LogP contribution in [0.2, 0.25) is 0 Å². The van der Waals surface area contributed by atoms with Crippen molar-refractivity contribution in [3.63, 3.8) is 0 Å². The van der Waals surface area contributed by atoms with Gasteiger partial charge in [-0.15, -0.1) is 13.1 Å². The van der Waals surface area contributed by atoms with E-state index in [-0.39, 0.29) is 21.7 Å². The average Bonchev–Trinajstić information content (AvgIpc) is 2.46. The largest absolute Gasteiger partial charge is 0.662 e. The van der Waals surface area contributed by atoms with Gasteiger partial charge in [-0.05, 0) is 77.8 Å². The maximum absolute atomic E-state index is 4.60. The van der Waals surface area contributed by atoms with Crippen molar-refractivity contribution in [2.45, 2.75) is 51.4 Å². The van der Waals surface area contributed by atoms with Gasteiger partial charge in [-0.2, -0.15) is 0 Å². The van der Waals surface area contributed by atoms with E-state index >= 15 is 0 Å². The van der Waals surface area contributed by atoms with Crippen molar-refractivity contribution in [3.8, 4) is 0 Å². The van der Waals surface area contributed by atoms with Gasteiger partial charge >= 0.3 is 0 Å². The van der Waals surface area contributed by atoms with Gasteiger partial charge in [0, 0.05) is 21.7 Å². The van der Waals surface area contributed by atoms with Crippen molar-refractivity contribution in [3.05, 3.63) is 5.32 Å². The number of nitrogens with one attached hydrogen (secondary N) is 3. The minimum Gasteiger partial charge on any atom is -0.662 e. The Balaban J connectivity index is 0.00000400. The van der Waals surface area contributed by atoms with Crippen molar-refractivity contribution in [1.82, 2.24) is 16.0 Å². The SMILES string of the molecule is C1CCNCCCCNCCCCNCCCC[N-]C1.[Ti]. The van der Waals surface area contributed by atoms with Gasteiger partial charge in [0.15, 0.2) is 0 Å². The first kappa shape index (κ1) is 21.6. The first-order chi connectivity index (χ1) is 10.0. The Morgan fingerprint density at radius 1 is 0.429 bits per heavy atom. The maximum atomic E-state index is 4.60. The molecule has 0 saturated carbocycles. The predicted octanol–water partition coefficient (Wildman–Crippen LogP) is 2.26. The number of hydrogen-bond acceptors (Lipinski definition) is 3. The third-order valence-corrected chi connectivity index (χ3v) is 3.75. The van der Waals surface area contributed by atoms with Crippen LogP contribution in [-0.4, -0.2) is 52.4 Å². The average molecular weight is 331 g/mol. The van der Waals surface area contributed by atoms with E-state index < -0.39 is 0 Å². The fourth-order valence-corrected chi connectivity index (χ4v) is 2.43. The fraction of sp³-hybridized carbons (Fsp3) is 1.00. The molecule has 1 rings (SSSR count). The Morgan fingerprint density at radius 2 is 0.714 bits per heavy atom. The summed E-state index contributed by atoms with van der Waals surface area (Å²) in [4.78, 5) is 0. The molecule has 4 nitrogen and oxygen atoms in total. The molecule has 0 radical (unpaired) electrons. The molecule has 3 N–H and O–H groups in total. The minimum atomic E-state index is 0. The van der Waals surface area contributed by atoms with E-state index in [9.17, 15) is 0 Å². The normalized spacial score (nSPS) is 22.9. The van der Waals surface area contributed by atoms with E-state index in [0.29, 0.717) is 0 Å². The zero-order chi connectivity index (χ0) is 14.1. The monoisotopic (exact) mass is 331 g/mol. The molecular formula is C16H35N4Ti-. The molecule has 5 heteroatoms. The molecule has 0 spiro atoms. The van der Waals surface area contributed by atoms with Crippen LogP contribution in [0.25, 0.3) is 5.32 Å². The van der Waals surface area contributed by atoms with Gasteiger partial charge in [0.2, 0.25) is 0 Å². The summed E-state index contributed by atoms with van der Waals surface area (Å²) in [7, 11) is 0. The summed E-state index contributed by atoms with van der Waals surface area (Å²) < 4.78 is 0. The second-order valence-electron chi connectivity index (χ2n) is 5.75. The molecule has 1 fully saturated rings. The molecule has 1 aliphatic heterocycles. The van der Waals surface area contributed by atoms with Crippen LogP contribution in [0.5, 0.6) is 0 Å². The van der Waals surface area contributed by atoms with Crippen molar-refractivity contribution in [1.29, 1.82) is 0 Å². The van der Waals surface area contributed by atoms with Crippen molar-refractivity contribution in [2.24, 2.45) is 0 Å². The van der Waals surface area contributed by atoms with Crippen molar-refractivity contribution >= 4 is 0 Å². The molecular weight excluding hydrogens is 296 g/mol. The first-order valence-electron chi connectivity index (χ1n) is 8.75. The van der Waals surface area contributed by atoms with Gasteiger partial charge in [-0.1, -0.05) is 12.8 Å². The molecule has 1 aliphatic rings. The molecule has 0 unspecified atom stereocenters. The summed E-state index contributed by atoms with van der Waals surface area (Å²) in [5.74, 6) is 0. The summed E-state index contributed by atoms with van der Waals surface area (Å²) in [6.45, 7) is 9.12. The molecule has 0 amide bonds. The topological polar surface area (TPSA) is 50.2 Å². The van der Waals surface area contributed by atoms with Gasteiger partial charge in [0.1, 0.15) is 0 Å². The molecule has 0 aromatic carbocycles. The summed E-state index contributed by atoms with van der Waals surface area (Å²) in [5.41, 5.74) is 0. The van der Waals surface area contributed by atoms with E-state index in [4.69, 9.17) is 0 Å². The van der Waals surface area contributed by atoms with Crippen molar-refractivity contribution in [2.75, 3.05) is 52.4 Å². The van der Waals surface area contributed by atoms with Crippen LogP contribution in [0.1, 0.15) is 51.4 Å². The number of hydrogen-bond donors (Lipinski definition) is 3. The van der Waals surface area contributed by atoms with Crippen LogP contribution in [0.3, 0.4) is 0 Å². The summed E-state index contributed by atoms with van der Waals surface area (Å²) in [5, 5.41) is 15.2. The molecule has 1 heterocycles. The van der Waals surface area contributed by atoms with Gasteiger partial charge < -0.3 is 21.3 Å². The zero-order valence-corrected chi connectivity index (χ0v) is 15.3. The van der Waals surface area contributed by atoms with Gasteiger partial charge in [0.05, 0.1) is 0 Å². The maximum Gasteiger partial charge on any atom is 0 e.